The maximum absolute atomic E-state index is 4.18. The summed E-state index contributed by atoms with van der Waals surface area (Å²) < 4.78 is 1.91. The monoisotopic (exact) mass is 256 g/mol. The Balaban J connectivity index is 2.40. The quantitative estimate of drug-likeness (QED) is 0.848. The normalized spacial score (nSPS) is 13.9. The second-order valence-electron chi connectivity index (χ2n) is 5.39. The lowest BCUT2D eigenvalue weighted by Crippen LogP contribution is -2.26. The van der Waals surface area contributed by atoms with E-state index in [2.05, 4.69) is 49.6 Å². The molecule has 0 aliphatic carbocycles. The van der Waals surface area contributed by atoms with Crippen LogP contribution in [0.2, 0.25) is 0 Å². The van der Waals surface area contributed by atoms with Crippen LogP contribution in [0.4, 0.5) is 0 Å². The fourth-order valence-corrected chi connectivity index (χ4v) is 1.97. The third-order valence-electron chi connectivity index (χ3n) is 2.61. The Morgan fingerprint density at radius 2 is 2.18 bits per heavy atom. The summed E-state index contributed by atoms with van der Waals surface area (Å²) in [7, 11) is 0. The van der Waals surface area contributed by atoms with Gasteiger partial charge in [0.1, 0.15) is 0 Å². The molecule has 0 aliphatic rings. The van der Waals surface area contributed by atoms with Crippen LogP contribution in [0.1, 0.15) is 39.8 Å². The summed E-state index contributed by atoms with van der Waals surface area (Å²) in [6.07, 6.45) is 5.35. The molecule has 1 aromatic heterocycles. The van der Waals surface area contributed by atoms with Crippen LogP contribution in [0.5, 0.6) is 0 Å². The van der Waals surface area contributed by atoms with Gasteiger partial charge in [-0.15, -0.1) is 5.10 Å². The Kier molecular flexibility index (Phi) is 5.46. The average Bonchev–Trinajstić information content (AvgIpc) is 2.71. The lowest BCUT2D eigenvalue weighted by Gasteiger charge is -2.17. The number of nitrogens with zero attached hydrogens (tertiary/aromatic N) is 3. The third kappa shape index (κ3) is 5.08. The molecule has 5 heteroatoms. The second kappa shape index (κ2) is 6.40. The van der Waals surface area contributed by atoms with Gasteiger partial charge in [0.05, 0.1) is 17.4 Å². The first-order chi connectivity index (χ1) is 7.93. The Bertz CT molecular complexity index is 329. The van der Waals surface area contributed by atoms with Crippen molar-refractivity contribution < 1.29 is 0 Å². The van der Waals surface area contributed by atoms with Crippen LogP contribution < -0.4 is 5.32 Å². The molecular formula is C12H24N4S. The van der Waals surface area contributed by atoms with Gasteiger partial charge in [0.25, 0.3) is 0 Å². The van der Waals surface area contributed by atoms with Gasteiger partial charge < -0.3 is 5.32 Å². The molecule has 4 nitrogen and oxygen atoms in total. The molecule has 98 valence electrons. The summed E-state index contributed by atoms with van der Waals surface area (Å²) >= 11 is 1.89. The first kappa shape index (κ1) is 14.5. The number of thioether (sulfide) groups is 1. The van der Waals surface area contributed by atoms with Crippen molar-refractivity contribution in [2.75, 3.05) is 12.0 Å². The Hall–Kier alpha value is -0.550. The molecule has 0 aliphatic heterocycles. The van der Waals surface area contributed by atoms with Crippen molar-refractivity contribution >= 4 is 11.8 Å². The minimum Gasteiger partial charge on any atom is -0.309 e. The zero-order valence-electron chi connectivity index (χ0n) is 11.5. The molecule has 0 amide bonds. The standard InChI is InChI=1S/C12H24N4S/c1-10(6-7-17-5)13-8-11-9-16(15-14-11)12(2,3)4/h9-10,13H,6-8H2,1-5H3. The molecule has 0 saturated carbocycles. The van der Waals surface area contributed by atoms with Crippen LogP contribution in [0.15, 0.2) is 6.20 Å². The molecule has 0 saturated heterocycles. The molecule has 1 aromatic rings. The summed E-state index contributed by atoms with van der Waals surface area (Å²) in [6.45, 7) is 9.38. The van der Waals surface area contributed by atoms with Gasteiger partial charge in [0.15, 0.2) is 0 Å². The number of rotatable bonds is 6. The lowest BCUT2D eigenvalue weighted by molar-refractivity contribution is 0.347. The zero-order valence-corrected chi connectivity index (χ0v) is 12.3. The SMILES string of the molecule is CSCCC(C)NCc1cn(C(C)(C)C)nn1. The van der Waals surface area contributed by atoms with E-state index in [1.54, 1.807) is 0 Å². The summed E-state index contributed by atoms with van der Waals surface area (Å²) in [4.78, 5) is 0. The average molecular weight is 256 g/mol. The molecular weight excluding hydrogens is 232 g/mol. The van der Waals surface area contributed by atoms with E-state index in [1.807, 2.05) is 22.6 Å². The highest BCUT2D eigenvalue weighted by Gasteiger charge is 2.15. The van der Waals surface area contributed by atoms with Crippen LogP contribution in [0.3, 0.4) is 0 Å². The van der Waals surface area contributed by atoms with E-state index in [0.717, 1.165) is 12.2 Å². The highest BCUT2D eigenvalue weighted by Crippen LogP contribution is 2.11. The van der Waals surface area contributed by atoms with Crippen LogP contribution in [-0.2, 0) is 12.1 Å². The number of hydrogen-bond donors (Lipinski definition) is 1. The first-order valence-corrected chi connectivity index (χ1v) is 7.47. The van der Waals surface area contributed by atoms with Crippen LogP contribution >= 0.6 is 11.8 Å². The highest BCUT2D eigenvalue weighted by atomic mass is 32.2. The second-order valence-corrected chi connectivity index (χ2v) is 6.37. The molecule has 0 radical (unpaired) electrons. The van der Waals surface area contributed by atoms with Crippen LogP contribution in [0.25, 0.3) is 0 Å². The van der Waals surface area contributed by atoms with E-state index in [1.165, 1.54) is 12.2 Å². The highest BCUT2D eigenvalue weighted by molar-refractivity contribution is 7.98. The predicted molar refractivity (Wildman–Crippen MR) is 74.3 cm³/mol. The molecule has 0 spiro atoms. The van der Waals surface area contributed by atoms with E-state index < -0.39 is 0 Å². The summed E-state index contributed by atoms with van der Waals surface area (Å²) in [5.41, 5.74) is 1.02. The van der Waals surface area contributed by atoms with Crippen LogP contribution in [0, 0.1) is 0 Å². The molecule has 1 heterocycles. The first-order valence-electron chi connectivity index (χ1n) is 6.07. The zero-order chi connectivity index (χ0) is 12.9. The van der Waals surface area contributed by atoms with Gasteiger partial charge in [0.2, 0.25) is 0 Å². The summed E-state index contributed by atoms with van der Waals surface area (Å²) in [6, 6.07) is 0.530. The molecule has 0 fully saturated rings. The van der Waals surface area contributed by atoms with E-state index in [4.69, 9.17) is 0 Å². The van der Waals surface area contributed by atoms with Gasteiger partial charge in [-0.2, -0.15) is 11.8 Å². The molecule has 1 N–H and O–H groups in total. The van der Waals surface area contributed by atoms with Gasteiger partial charge in [-0.25, -0.2) is 4.68 Å². The van der Waals surface area contributed by atoms with Gasteiger partial charge >= 0.3 is 0 Å². The molecule has 0 aromatic carbocycles. The van der Waals surface area contributed by atoms with Gasteiger partial charge in [-0.05, 0) is 46.1 Å². The van der Waals surface area contributed by atoms with E-state index in [9.17, 15) is 0 Å². The minimum absolute atomic E-state index is 0.00964. The van der Waals surface area contributed by atoms with Gasteiger partial charge in [-0.1, -0.05) is 5.21 Å². The fraction of sp³-hybridized carbons (Fsp3) is 0.833. The van der Waals surface area contributed by atoms with Crippen molar-refractivity contribution in [3.05, 3.63) is 11.9 Å². The maximum Gasteiger partial charge on any atom is 0.0965 e. The largest absolute Gasteiger partial charge is 0.309 e. The molecule has 1 rings (SSSR count). The number of aromatic nitrogens is 3. The van der Waals surface area contributed by atoms with Crippen molar-refractivity contribution in [3.63, 3.8) is 0 Å². The van der Waals surface area contributed by atoms with Crippen molar-refractivity contribution in [2.24, 2.45) is 0 Å². The Morgan fingerprint density at radius 1 is 1.47 bits per heavy atom. The summed E-state index contributed by atoms with van der Waals surface area (Å²) in [5, 5.41) is 11.8. The van der Waals surface area contributed by atoms with Gasteiger partial charge in [0, 0.05) is 12.6 Å². The van der Waals surface area contributed by atoms with Gasteiger partial charge in [-0.3, -0.25) is 0 Å². The molecule has 17 heavy (non-hydrogen) atoms. The Morgan fingerprint density at radius 3 is 2.71 bits per heavy atom. The van der Waals surface area contributed by atoms with Crippen molar-refractivity contribution in [3.8, 4) is 0 Å². The molecule has 0 bridgehead atoms. The minimum atomic E-state index is 0.00964. The smallest absolute Gasteiger partial charge is 0.0965 e. The van der Waals surface area contributed by atoms with E-state index in [0.29, 0.717) is 6.04 Å². The number of hydrogen-bond acceptors (Lipinski definition) is 4. The van der Waals surface area contributed by atoms with Crippen molar-refractivity contribution in [1.82, 2.24) is 20.3 Å². The third-order valence-corrected chi connectivity index (χ3v) is 3.26. The topological polar surface area (TPSA) is 42.7 Å². The fourth-order valence-electron chi connectivity index (χ4n) is 1.38. The van der Waals surface area contributed by atoms with E-state index in [-0.39, 0.29) is 5.54 Å². The lowest BCUT2D eigenvalue weighted by atomic mass is 10.1. The number of nitrogens with one attached hydrogen (secondary N) is 1. The molecule has 1 atom stereocenters. The van der Waals surface area contributed by atoms with Crippen molar-refractivity contribution in [1.29, 1.82) is 0 Å². The van der Waals surface area contributed by atoms with Crippen molar-refractivity contribution in [2.45, 2.75) is 52.2 Å². The maximum atomic E-state index is 4.18. The summed E-state index contributed by atoms with van der Waals surface area (Å²) in [5.74, 6) is 1.20. The van der Waals surface area contributed by atoms with E-state index >= 15 is 0 Å². The predicted octanol–water partition coefficient (Wildman–Crippen LogP) is 2.26. The Labute approximate surface area is 109 Å². The van der Waals surface area contributed by atoms with Crippen LogP contribution in [-0.4, -0.2) is 33.0 Å². The molecule has 1 unspecified atom stereocenters.